The van der Waals surface area contributed by atoms with Gasteiger partial charge in [-0.2, -0.15) is 13.9 Å². The first-order chi connectivity index (χ1) is 13.3. The molecule has 0 aromatic carbocycles. The average Bonchev–Trinajstić information content (AvgIpc) is 3.17. The van der Waals surface area contributed by atoms with E-state index in [2.05, 4.69) is 15.1 Å². The Morgan fingerprint density at radius 1 is 1.11 bits per heavy atom. The van der Waals surface area contributed by atoms with Crippen molar-refractivity contribution >= 4 is 5.97 Å². The summed E-state index contributed by atoms with van der Waals surface area (Å²) < 4.78 is 57.1. The second-order valence-electron chi connectivity index (χ2n) is 5.52. The number of aromatic nitrogens is 4. The Balaban J connectivity index is 2.21. The average molecular weight is 396 g/mol. The van der Waals surface area contributed by atoms with E-state index in [-0.39, 0.29) is 33.7 Å². The molecule has 0 atom stereocenters. The maximum Gasteiger partial charge on any atom is 0.337 e. The number of hydrogen-bond acceptors (Lipinski definition) is 5. The van der Waals surface area contributed by atoms with Crippen molar-refractivity contribution in [1.82, 2.24) is 19.7 Å². The van der Waals surface area contributed by atoms with Gasteiger partial charge in [-0.25, -0.2) is 18.3 Å². The summed E-state index contributed by atoms with van der Waals surface area (Å²) in [5.41, 5.74) is -0.464. The first-order valence-electron chi connectivity index (χ1n) is 7.70. The van der Waals surface area contributed by atoms with Gasteiger partial charge in [-0.15, -0.1) is 0 Å². The molecule has 7 nitrogen and oxygen atoms in total. The van der Waals surface area contributed by atoms with Crippen LogP contribution >= 0.6 is 0 Å². The number of ether oxygens (including phenoxy) is 1. The molecule has 28 heavy (non-hydrogen) atoms. The number of hydrogen-bond donors (Lipinski definition) is 1. The molecule has 3 heterocycles. The summed E-state index contributed by atoms with van der Waals surface area (Å²) in [7, 11) is 1.28. The summed E-state index contributed by atoms with van der Waals surface area (Å²) in [6.07, 6.45) is 1.34. The van der Waals surface area contributed by atoms with Crippen molar-refractivity contribution in [3.8, 4) is 28.1 Å². The Morgan fingerprint density at radius 3 is 2.43 bits per heavy atom. The summed E-state index contributed by atoms with van der Waals surface area (Å²) in [6, 6.07) is 2.29. The minimum Gasteiger partial charge on any atom is -0.494 e. The molecule has 0 radical (unpaired) electrons. The normalized spacial score (nSPS) is 11.2. The smallest absolute Gasteiger partial charge is 0.337 e. The van der Waals surface area contributed by atoms with Crippen molar-refractivity contribution in [2.24, 2.45) is 0 Å². The van der Waals surface area contributed by atoms with Gasteiger partial charge < -0.3 is 9.84 Å². The lowest BCUT2D eigenvalue weighted by molar-refractivity contribution is 0.0566. The highest BCUT2D eigenvalue weighted by Crippen LogP contribution is 2.36. The summed E-state index contributed by atoms with van der Waals surface area (Å²) in [5, 5.41) is 12.9. The van der Waals surface area contributed by atoms with Crippen LogP contribution in [0.3, 0.4) is 0 Å². The van der Waals surface area contributed by atoms with Gasteiger partial charge in [0.05, 0.1) is 30.8 Å². The highest BCUT2D eigenvalue weighted by molar-refractivity contribution is 5.97. The van der Waals surface area contributed by atoms with Crippen LogP contribution in [-0.2, 0) is 0 Å². The quantitative estimate of drug-likeness (QED) is 0.633. The minimum absolute atomic E-state index is 0.0171. The van der Waals surface area contributed by atoms with E-state index in [4.69, 9.17) is 4.74 Å². The Labute approximate surface area is 155 Å². The molecule has 1 N–H and O–H groups in total. The number of nitrogens with zero attached hydrogens (tertiary/aromatic N) is 4. The molecule has 0 aliphatic heterocycles. The van der Waals surface area contributed by atoms with Crippen LogP contribution in [0.25, 0.3) is 22.4 Å². The first kappa shape index (κ1) is 19.3. The van der Waals surface area contributed by atoms with E-state index in [9.17, 15) is 27.5 Å². The molecule has 0 bridgehead atoms. The molecule has 11 heteroatoms. The number of halogens is 4. The number of pyridine rings is 2. The van der Waals surface area contributed by atoms with Gasteiger partial charge >= 0.3 is 12.5 Å². The topological polar surface area (TPSA) is 90.1 Å². The van der Waals surface area contributed by atoms with Gasteiger partial charge in [-0.3, -0.25) is 9.97 Å². The fourth-order valence-corrected chi connectivity index (χ4v) is 2.54. The molecule has 0 saturated carbocycles. The molecule has 0 spiro atoms. The first-order valence-corrected chi connectivity index (χ1v) is 7.70. The van der Waals surface area contributed by atoms with Crippen molar-refractivity contribution in [3.63, 3.8) is 0 Å². The lowest BCUT2D eigenvalue weighted by Gasteiger charge is -2.13. The third-order valence-corrected chi connectivity index (χ3v) is 3.85. The molecule has 0 aliphatic rings. The van der Waals surface area contributed by atoms with Gasteiger partial charge in [0.2, 0.25) is 0 Å². The van der Waals surface area contributed by atoms with Crippen molar-refractivity contribution in [2.75, 3.05) is 7.11 Å². The Morgan fingerprint density at radius 2 is 1.86 bits per heavy atom. The van der Waals surface area contributed by atoms with Crippen molar-refractivity contribution in [3.05, 3.63) is 48.2 Å². The van der Waals surface area contributed by atoms with Crippen molar-refractivity contribution in [2.45, 2.75) is 13.0 Å². The largest absolute Gasteiger partial charge is 0.494 e. The fraction of sp³-hybridized carbons (Fsp3) is 0.176. The highest BCUT2D eigenvalue weighted by atomic mass is 19.3. The number of alkyl halides is 4. The molecular weight excluding hydrogens is 384 g/mol. The molecule has 0 fully saturated rings. The van der Waals surface area contributed by atoms with Crippen LogP contribution in [0.2, 0.25) is 0 Å². The van der Waals surface area contributed by atoms with E-state index >= 15 is 0 Å². The summed E-state index contributed by atoms with van der Waals surface area (Å²) in [5.74, 6) is -1.29. The zero-order chi connectivity index (χ0) is 20.4. The Hall–Kier alpha value is -3.50. The van der Waals surface area contributed by atoms with Crippen molar-refractivity contribution in [1.29, 1.82) is 0 Å². The molecule has 0 unspecified atom stereocenters. The Bertz CT molecular complexity index is 1020. The predicted molar refractivity (Wildman–Crippen MR) is 88.4 cm³/mol. The highest BCUT2D eigenvalue weighted by Gasteiger charge is 2.21. The molecule has 0 aliphatic carbocycles. The van der Waals surface area contributed by atoms with Crippen LogP contribution in [0, 0.1) is 0 Å². The zero-order valence-electron chi connectivity index (χ0n) is 14.2. The van der Waals surface area contributed by atoms with Crippen LogP contribution in [0.1, 0.15) is 29.0 Å². The molecule has 3 rings (SSSR count). The SMILES string of the molecule is COc1cnc(C(F)F)cc1-c1cc(-c2cnn(C(F)F)c2)ncc1C(=O)O. The van der Waals surface area contributed by atoms with Crippen LogP contribution in [0.5, 0.6) is 5.75 Å². The van der Waals surface area contributed by atoms with Gasteiger partial charge in [-0.1, -0.05) is 0 Å². The van der Waals surface area contributed by atoms with Crippen LogP contribution in [0.4, 0.5) is 17.6 Å². The number of rotatable bonds is 6. The van der Waals surface area contributed by atoms with Crippen LogP contribution < -0.4 is 4.74 Å². The Kier molecular flexibility index (Phi) is 5.25. The van der Waals surface area contributed by atoms with E-state index in [1.165, 1.54) is 13.2 Å². The maximum absolute atomic E-state index is 13.1. The number of carboxylic acids is 1. The molecule has 146 valence electrons. The summed E-state index contributed by atoms with van der Waals surface area (Å²) >= 11 is 0. The molecule has 0 amide bonds. The summed E-state index contributed by atoms with van der Waals surface area (Å²) in [4.78, 5) is 19.1. The van der Waals surface area contributed by atoms with E-state index in [0.29, 0.717) is 4.68 Å². The van der Waals surface area contributed by atoms with Gasteiger partial charge in [0, 0.05) is 29.1 Å². The minimum atomic E-state index is -2.89. The zero-order valence-corrected chi connectivity index (χ0v) is 14.2. The van der Waals surface area contributed by atoms with Gasteiger partial charge in [0.15, 0.2) is 0 Å². The van der Waals surface area contributed by atoms with E-state index in [1.54, 1.807) is 0 Å². The lowest BCUT2D eigenvalue weighted by atomic mass is 9.99. The molecular formula is C17H12F4N4O3. The predicted octanol–water partition coefficient (Wildman–Crippen LogP) is 4.05. The second-order valence-corrected chi connectivity index (χ2v) is 5.52. The van der Waals surface area contributed by atoms with Crippen LogP contribution in [-0.4, -0.2) is 37.9 Å². The monoisotopic (exact) mass is 396 g/mol. The number of carboxylic acid groups (broad SMARTS) is 1. The fourth-order valence-electron chi connectivity index (χ4n) is 2.54. The molecule has 3 aromatic rings. The number of carbonyl (C=O) groups is 1. The number of methoxy groups -OCH3 is 1. The van der Waals surface area contributed by atoms with E-state index in [0.717, 1.165) is 30.9 Å². The third-order valence-electron chi connectivity index (χ3n) is 3.85. The van der Waals surface area contributed by atoms with Crippen LogP contribution in [0.15, 0.2) is 36.9 Å². The standard InChI is InChI=1S/C17H12F4N4O3/c1-28-14-6-23-13(15(18)19)3-10(14)9-2-12(22-5-11(9)16(26)27)8-4-24-25(7-8)17(20)21/h2-7,15,17H,1H3,(H,26,27). The van der Waals surface area contributed by atoms with E-state index in [1.807, 2.05) is 0 Å². The maximum atomic E-state index is 13.1. The second kappa shape index (κ2) is 7.62. The lowest BCUT2D eigenvalue weighted by Crippen LogP contribution is -2.04. The van der Waals surface area contributed by atoms with Gasteiger partial charge in [-0.05, 0) is 12.1 Å². The third kappa shape index (κ3) is 3.63. The van der Waals surface area contributed by atoms with Gasteiger partial charge in [0.25, 0.3) is 6.43 Å². The summed E-state index contributed by atoms with van der Waals surface area (Å²) in [6.45, 7) is -2.86. The van der Waals surface area contributed by atoms with Gasteiger partial charge in [0.1, 0.15) is 11.4 Å². The molecule has 0 saturated heterocycles. The molecule has 3 aromatic heterocycles. The van der Waals surface area contributed by atoms with Crippen molar-refractivity contribution < 1.29 is 32.2 Å². The number of aromatic carboxylic acids is 1. The van der Waals surface area contributed by atoms with E-state index < -0.39 is 24.6 Å².